The molecule has 1 saturated heterocycles. The van der Waals surface area contributed by atoms with Gasteiger partial charge in [0, 0.05) is 66.7 Å². The lowest BCUT2D eigenvalue weighted by atomic mass is 9.68. The molecule has 3 amide bonds. The van der Waals surface area contributed by atoms with Crippen LogP contribution in [0.25, 0.3) is 10.9 Å². The monoisotopic (exact) mass is 491 g/mol. The molecule has 0 aliphatic carbocycles. The third kappa shape index (κ3) is 4.07. The van der Waals surface area contributed by atoms with E-state index in [0.717, 1.165) is 34.3 Å². The molecule has 190 valence electrons. The summed E-state index contributed by atoms with van der Waals surface area (Å²) in [5.74, 6) is 0.716. The van der Waals surface area contributed by atoms with E-state index in [1.54, 1.807) is 36.5 Å². The van der Waals surface area contributed by atoms with Crippen LogP contribution in [0.15, 0.2) is 42.7 Å². The van der Waals surface area contributed by atoms with Gasteiger partial charge in [-0.15, -0.1) is 0 Å². The summed E-state index contributed by atoms with van der Waals surface area (Å²) in [6.45, 7) is 4.03. The van der Waals surface area contributed by atoms with Crippen molar-refractivity contribution in [3.8, 4) is 5.75 Å². The third-order valence-corrected chi connectivity index (χ3v) is 7.62. The molecule has 0 unspecified atom stereocenters. The van der Waals surface area contributed by atoms with Crippen molar-refractivity contribution in [1.82, 2.24) is 25.1 Å². The summed E-state index contributed by atoms with van der Waals surface area (Å²) in [4.78, 5) is 37.6. The standard InChI is InChI=1S/C27H33N5O4/c1-3-10-29-26(35)32-17-27(8-12-31(13-9-27)25(34)18-5-4-11-28-15-18)23-20-7-6-19(36-2)14-21(20)30-24(23)22(32)16-33/h4-7,11,14-15,22,30,33H,3,8-10,12-13,16-17H2,1-2H3,(H,29,35)/t22-/m1/s1. The van der Waals surface area contributed by atoms with Gasteiger partial charge in [0.2, 0.25) is 0 Å². The number of ether oxygens (including phenoxy) is 1. The zero-order chi connectivity index (χ0) is 25.3. The Morgan fingerprint density at radius 2 is 2.08 bits per heavy atom. The fraction of sp³-hybridized carbons (Fsp3) is 0.444. The minimum atomic E-state index is -0.476. The van der Waals surface area contributed by atoms with E-state index in [1.165, 1.54) is 0 Å². The third-order valence-electron chi connectivity index (χ3n) is 7.62. The molecule has 36 heavy (non-hydrogen) atoms. The molecule has 1 fully saturated rings. The Morgan fingerprint density at radius 3 is 2.75 bits per heavy atom. The van der Waals surface area contributed by atoms with E-state index in [1.807, 2.05) is 24.0 Å². The summed E-state index contributed by atoms with van der Waals surface area (Å²) in [5.41, 5.74) is 3.17. The number of rotatable bonds is 5. The summed E-state index contributed by atoms with van der Waals surface area (Å²) in [7, 11) is 1.64. The van der Waals surface area contributed by atoms with Crippen LogP contribution in [0.2, 0.25) is 0 Å². The van der Waals surface area contributed by atoms with Crippen LogP contribution >= 0.6 is 0 Å². The van der Waals surface area contributed by atoms with Crippen LogP contribution in [-0.2, 0) is 5.41 Å². The number of methoxy groups -OCH3 is 1. The van der Waals surface area contributed by atoms with Crippen molar-refractivity contribution in [3.63, 3.8) is 0 Å². The number of H-pyrrole nitrogens is 1. The van der Waals surface area contributed by atoms with Crippen molar-refractivity contribution in [3.05, 3.63) is 59.5 Å². The molecular formula is C27H33N5O4. The Labute approximate surface area is 210 Å². The van der Waals surface area contributed by atoms with Crippen LogP contribution < -0.4 is 10.1 Å². The number of amides is 3. The average molecular weight is 492 g/mol. The number of likely N-dealkylation sites (tertiary alicyclic amines) is 1. The van der Waals surface area contributed by atoms with Gasteiger partial charge in [-0.3, -0.25) is 9.78 Å². The molecule has 1 spiro atoms. The predicted molar refractivity (Wildman–Crippen MR) is 136 cm³/mol. The van der Waals surface area contributed by atoms with Crippen molar-refractivity contribution in [1.29, 1.82) is 0 Å². The molecule has 9 nitrogen and oxygen atoms in total. The maximum atomic E-state index is 13.2. The zero-order valence-electron chi connectivity index (χ0n) is 20.8. The highest BCUT2D eigenvalue weighted by Gasteiger charge is 2.49. The van der Waals surface area contributed by atoms with Crippen molar-refractivity contribution in [2.45, 2.75) is 37.6 Å². The number of nitrogens with zero attached hydrogens (tertiary/aromatic N) is 3. The number of aliphatic hydroxyl groups is 1. The van der Waals surface area contributed by atoms with Gasteiger partial charge in [0.25, 0.3) is 5.91 Å². The Hall–Kier alpha value is -3.59. The van der Waals surface area contributed by atoms with E-state index < -0.39 is 6.04 Å². The number of aromatic nitrogens is 2. The van der Waals surface area contributed by atoms with E-state index in [4.69, 9.17) is 4.74 Å². The quantitative estimate of drug-likeness (QED) is 0.508. The second kappa shape index (κ2) is 9.81. The van der Waals surface area contributed by atoms with Crippen LogP contribution in [0.1, 0.15) is 53.8 Å². The zero-order valence-corrected chi connectivity index (χ0v) is 20.8. The first kappa shape index (κ1) is 24.1. The van der Waals surface area contributed by atoms with Gasteiger partial charge in [0.05, 0.1) is 25.3 Å². The molecule has 4 heterocycles. The first-order valence-corrected chi connectivity index (χ1v) is 12.6. The molecule has 2 aliphatic rings. The van der Waals surface area contributed by atoms with E-state index in [9.17, 15) is 14.7 Å². The molecule has 0 radical (unpaired) electrons. The van der Waals surface area contributed by atoms with Crippen molar-refractivity contribution in [2.24, 2.45) is 0 Å². The fourth-order valence-corrected chi connectivity index (χ4v) is 5.77. The second-order valence-electron chi connectivity index (χ2n) is 9.70. The number of carbonyl (C=O) groups excluding carboxylic acids is 2. The number of fused-ring (bicyclic) bond motifs is 4. The van der Waals surface area contributed by atoms with Gasteiger partial charge in [-0.05, 0) is 49.1 Å². The maximum Gasteiger partial charge on any atom is 0.318 e. The highest BCUT2D eigenvalue weighted by atomic mass is 16.5. The summed E-state index contributed by atoms with van der Waals surface area (Å²) >= 11 is 0. The first-order valence-electron chi connectivity index (χ1n) is 12.6. The van der Waals surface area contributed by atoms with Crippen molar-refractivity contribution >= 4 is 22.8 Å². The molecule has 3 N–H and O–H groups in total. The van der Waals surface area contributed by atoms with Gasteiger partial charge < -0.3 is 29.9 Å². The lowest BCUT2D eigenvalue weighted by Crippen LogP contribution is -2.57. The number of pyridine rings is 1. The number of nitrogens with one attached hydrogen (secondary N) is 2. The first-order chi connectivity index (χ1) is 17.5. The number of aromatic amines is 1. The molecule has 1 atom stereocenters. The average Bonchev–Trinajstić information content (AvgIpc) is 3.31. The fourth-order valence-electron chi connectivity index (χ4n) is 5.77. The van der Waals surface area contributed by atoms with Crippen LogP contribution in [0.4, 0.5) is 4.79 Å². The number of benzene rings is 1. The number of urea groups is 1. The topological polar surface area (TPSA) is 111 Å². The molecule has 1 aromatic carbocycles. The van der Waals surface area contributed by atoms with Crippen LogP contribution in [0, 0.1) is 0 Å². The molecule has 9 heteroatoms. The van der Waals surface area contributed by atoms with Crippen LogP contribution in [0.3, 0.4) is 0 Å². The maximum absolute atomic E-state index is 13.2. The summed E-state index contributed by atoms with van der Waals surface area (Å²) < 4.78 is 5.44. The van der Waals surface area contributed by atoms with Crippen molar-refractivity contribution < 1.29 is 19.4 Å². The number of hydrogen-bond acceptors (Lipinski definition) is 5. The van der Waals surface area contributed by atoms with Crippen molar-refractivity contribution in [2.75, 3.05) is 39.9 Å². The Morgan fingerprint density at radius 1 is 1.28 bits per heavy atom. The molecule has 5 rings (SSSR count). The minimum absolute atomic E-state index is 0.0246. The Bertz CT molecular complexity index is 1250. The molecular weight excluding hydrogens is 458 g/mol. The highest BCUT2D eigenvalue weighted by Crippen LogP contribution is 2.49. The SMILES string of the molecule is CCCNC(=O)N1CC2(CCN(C(=O)c3cccnc3)CC2)c2c([nH]c3cc(OC)ccc23)[C@H]1CO. The molecule has 2 aliphatic heterocycles. The van der Waals surface area contributed by atoms with E-state index >= 15 is 0 Å². The minimum Gasteiger partial charge on any atom is -0.497 e. The molecule has 0 saturated carbocycles. The number of aliphatic hydroxyl groups excluding tert-OH is 1. The summed E-state index contributed by atoms with van der Waals surface area (Å²) in [6.07, 6.45) is 5.51. The Kier molecular flexibility index (Phi) is 6.57. The number of piperidine rings is 1. The summed E-state index contributed by atoms with van der Waals surface area (Å²) in [5, 5.41) is 14.5. The van der Waals surface area contributed by atoms with Gasteiger partial charge in [0.1, 0.15) is 5.75 Å². The van der Waals surface area contributed by atoms with E-state index in [2.05, 4.69) is 21.4 Å². The van der Waals surface area contributed by atoms with Gasteiger partial charge in [0.15, 0.2) is 0 Å². The predicted octanol–water partition coefficient (Wildman–Crippen LogP) is 3.21. The van der Waals surface area contributed by atoms with Crippen LogP contribution in [-0.4, -0.2) is 76.7 Å². The van der Waals surface area contributed by atoms with Crippen LogP contribution in [0.5, 0.6) is 5.75 Å². The van der Waals surface area contributed by atoms with Gasteiger partial charge in [-0.25, -0.2) is 4.79 Å². The lowest BCUT2D eigenvalue weighted by molar-refractivity contribution is 0.0527. The number of hydrogen-bond donors (Lipinski definition) is 3. The van der Waals surface area contributed by atoms with E-state index in [-0.39, 0.29) is 24.0 Å². The Balaban J connectivity index is 1.54. The number of carbonyl (C=O) groups is 2. The summed E-state index contributed by atoms with van der Waals surface area (Å²) in [6, 6.07) is 8.87. The largest absolute Gasteiger partial charge is 0.497 e. The van der Waals surface area contributed by atoms with Gasteiger partial charge >= 0.3 is 6.03 Å². The molecule has 0 bridgehead atoms. The second-order valence-corrected chi connectivity index (χ2v) is 9.70. The lowest BCUT2D eigenvalue weighted by Gasteiger charge is -2.50. The normalized spacial score (nSPS) is 18.8. The molecule has 2 aromatic heterocycles. The smallest absolute Gasteiger partial charge is 0.318 e. The van der Waals surface area contributed by atoms with E-state index in [0.29, 0.717) is 44.6 Å². The highest BCUT2D eigenvalue weighted by molar-refractivity contribution is 5.94. The van der Waals surface area contributed by atoms with Gasteiger partial charge in [-0.2, -0.15) is 0 Å². The molecule has 3 aromatic rings. The van der Waals surface area contributed by atoms with Gasteiger partial charge in [-0.1, -0.05) is 6.92 Å².